The van der Waals surface area contributed by atoms with Gasteiger partial charge in [0, 0.05) is 27.2 Å². The minimum Gasteiger partial charge on any atom is -0.390 e. The van der Waals surface area contributed by atoms with Crippen molar-refractivity contribution >= 4 is 23.0 Å². The fraction of sp³-hybridized carbons (Fsp3) is 0.538. The molecule has 0 bridgehead atoms. The number of nitrogens with zero attached hydrogens (tertiary/aromatic N) is 6. The van der Waals surface area contributed by atoms with Crippen molar-refractivity contribution in [2.75, 3.05) is 26.3 Å². The van der Waals surface area contributed by atoms with Crippen LogP contribution in [0.3, 0.4) is 0 Å². The van der Waals surface area contributed by atoms with Crippen LogP contribution in [-0.4, -0.2) is 60.7 Å². The molecule has 3 rings (SSSR count). The van der Waals surface area contributed by atoms with E-state index >= 15 is 0 Å². The number of hydrogen-bond acceptors (Lipinski definition) is 7. The van der Waals surface area contributed by atoms with Crippen LogP contribution in [0.15, 0.2) is 9.59 Å². The summed E-state index contributed by atoms with van der Waals surface area (Å²) in [6.07, 6.45) is 0. The second-order valence-electron chi connectivity index (χ2n) is 5.63. The molecule has 0 N–H and O–H groups in total. The molecule has 0 aromatic carbocycles. The number of fused-ring (bicyclic) bond motifs is 1. The first-order chi connectivity index (χ1) is 11.8. The second-order valence-corrected chi connectivity index (χ2v) is 5.63. The number of imidazole rings is 1. The molecule has 12 heteroatoms. The van der Waals surface area contributed by atoms with Gasteiger partial charge in [0.2, 0.25) is 5.52 Å². The van der Waals surface area contributed by atoms with Crippen LogP contribution in [-0.2, 0) is 30.2 Å². The fourth-order valence-corrected chi connectivity index (χ4v) is 2.77. The molecule has 3 heterocycles. The highest BCUT2D eigenvalue weighted by Crippen LogP contribution is 2.18. The molecule has 25 heavy (non-hydrogen) atoms. The van der Waals surface area contributed by atoms with E-state index in [0.29, 0.717) is 26.3 Å². The standard InChI is InChI=1S/C13H16N6O6/c1-15-10-9(11(21)16(2)13(15)22)18(12(14-10)19(23)24)7-8(20)17-3-5-25-6-4-17/h3-7H2,1-2H3. The lowest BCUT2D eigenvalue weighted by Crippen LogP contribution is -2.43. The van der Waals surface area contributed by atoms with Crippen LogP contribution < -0.4 is 11.2 Å². The van der Waals surface area contributed by atoms with Crippen molar-refractivity contribution in [3.8, 4) is 0 Å². The predicted molar refractivity (Wildman–Crippen MR) is 84.3 cm³/mol. The van der Waals surface area contributed by atoms with E-state index in [1.807, 2.05) is 0 Å². The number of rotatable bonds is 3. The van der Waals surface area contributed by atoms with Crippen LogP contribution in [0.25, 0.3) is 11.2 Å². The summed E-state index contributed by atoms with van der Waals surface area (Å²) in [6, 6.07) is 0. The van der Waals surface area contributed by atoms with Gasteiger partial charge in [-0.1, -0.05) is 0 Å². The molecule has 0 atom stereocenters. The molecule has 0 aliphatic carbocycles. The highest BCUT2D eigenvalue weighted by atomic mass is 16.6. The van der Waals surface area contributed by atoms with Crippen LogP contribution in [0.1, 0.15) is 0 Å². The molecule has 1 amide bonds. The number of amides is 1. The summed E-state index contributed by atoms with van der Waals surface area (Å²) in [5.41, 5.74) is -1.68. The van der Waals surface area contributed by atoms with Crippen molar-refractivity contribution < 1.29 is 14.5 Å². The molecule has 0 spiro atoms. The number of aryl methyl sites for hydroxylation is 1. The zero-order valence-electron chi connectivity index (χ0n) is 13.7. The van der Waals surface area contributed by atoms with Gasteiger partial charge in [0.25, 0.3) is 17.1 Å². The monoisotopic (exact) mass is 352 g/mol. The number of ether oxygens (including phenoxy) is 1. The summed E-state index contributed by atoms with van der Waals surface area (Å²) in [5, 5.41) is 11.3. The number of carbonyl (C=O) groups is 1. The predicted octanol–water partition coefficient (Wildman–Crippen LogP) is -1.80. The minimum atomic E-state index is -0.781. The highest BCUT2D eigenvalue weighted by Gasteiger charge is 2.30. The number of aromatic nitrogens is 4. The average molecular weight is 352 g/mol. The molecule has 1 aliphatic heterocycles. The Bertz CT molecular complexity index is 980. The van der Waals surface area contributed by atoms with E-state index in [9.17, 15) is 24.5 Å². The number of carbonyl (C=O) groups excluding carboxylic acids is 1. The molecule has 12 nitrogen and oxygen atoms in total. The second kappa shape index (κ2) is 6.12. The molecule has 134 valence electrons. The molecular formula is C13H16N6O6. The molecule has 0 saturated carbocycles. The quantitative estimate of drug-likeness (QED) is 0.470. The molecule has 2 aromatic rings. The normalized spacial score (nSPS) is 14.9. The van der Waals surface area contributed by atoms with Crippen molar-refractivity contribution in [1.29, 1.82) is 0 Å². The molecule has 1 aliphatic rings. The Kier molecular flexibility index (Phi) is 4.12. The summed E-state index contributed by atoms with van der Waals surface area (Å²) < 4.78 is 7.99. The van der Waals surface area contributed by atoms with E-state index in [4.69, 9.17) is 4.74 Å². The lowest BCUT2D eigenvalue weighted by atomic mass is 10.4. The molecule has 0 unspecified atom stereocenters. The number of hydrogen-bond donors (Lipinski definition) is 0. The first kappa shape index (κ1) is 16.8. The zero-order chi connectivity index (χ0) is 18.3. The Labute approximate surface area is 140 Å². The van der Waals surface area contributed by atoms with Gasteiger partial charge >= 0.3 is 11.6 Å². The van der Waals surface area contributed by atoms with Gasteiger partial charge in [-0.05, 0) is 9.91 Å². The Morgan fingerprint density at radius 2 is 1.88 bits per heavy atom. The maximum absolute atomic E-state index is 12.5. The van der Waals surface area contributed by atoms with E-state index in [1.54, 1.807) is 0 Å². The third-order valence-electron chi connectivity index (χ3n) is 4.15. The Balaban J connectivity index is 2.17. The van der Waals surface area contributed by atoms with E-state index in [-0.39, 0.29) is 17.1 Å². The largest absolute Gasteiger partial charge is 0.437 e. The van der Waals surface area contributed by atoms with E-state index in [1.165, 1.54) is 19.0 Å². The maximum atomic E-state index is 12.5. The molecular weight excluding hydrogens is 336 g/mol. The lowest BCUT2D eigenvalue weighted by Gasteiger charge is -2.26. The summed E-state index contributed by atoms with van der Waals surface area (Å²) in [6.45, 7) is 1.09. The van der Waals surface area contributed by atoms with Crippen molar-refractivity contribution in [3.05, 3.63) is 31.0 Å². The fourth-order valence-electron chi connectivity index (χ4n) is 2.77. The third kappa shape index (κ3) is 2.69. The summed E-state index contributed by atoms with van der Waals surface area (Å²) >= 11 is 0. The summed E-state index contributed by atoms with van der Waals surface area (Å²) in [7, 11) is 2.62. The maximum Gasteiger partial charge on any atom is 0.437 e. The minimum absolute atomic E-state index is 0.130. The first-order valence-electron chi connectivity index (χ1n) is 7.49. The Morgan fingerprint density at radius 3 is 2.48 bits per heavy atom. The van der Waals surface area contributed by atoms with Crippen LogP contribution in [0.4, 0.5) is 5.95 Å². The van der Waals surface area contributed by atoms with Gasteiger partial charge in [-0.25, -0.2) is 9.36 Å². The van der Waals surface area contributed by atoms with Gasteiger partial charge in [-0.3, -0.25) is 18.7 Å². The van der Waals surface area contributed by atoms with Crippen LogP contribution in [0.2, 0.25) is 0 Å². The van der Waals surface area contributed by atoms with Gasteiger partial charge in [-0.15, -0.1) is 0 Å². The van der Waals surface area contributed by atoms with Gasteiger partial charge in [0.15, 0.2) is 6.54 Å². The van der Waals surface area contributed by atoms with Crippen molar-refractivity contribution in [2.24, 2.45) is 14.1 Å². The number of nitro groups is 1. The van der Waals surface area contributed by atoms with Gasteiger partial charge in [0.1, 0.15) is 0 Å². The first-order valence-corrected chi connectivity index (χ1v) is 7.49. The van der Waals surface area contributed by atoms with Gasteiger partial charge in [0.05, 0.1) is 13.2 Å². The third-order valence-corrected chi connectivity index (χ3v) is 4.15. The highest BCUT2D eigenvalue weighted by molar-refractivity contribution is 5.80. The average Bonchev–Trinajstić information content (AvgIpc) is 2.98. The molecule has 1 fully saturated rings. The van der Waals surface area contributed by atoms with E-state index in [2.05, 4.69) is 4.98 Å². The molecule has 0 radical (unpaired) electrons. The molecule has 1 saturated heterocycles. The molecule has 2 aromatic heterocycles. The van der Waals surface area contributed by atoms with Gasteiger partial charge < -0.3 is 19.8 Å². The van der Waals surface area contributed by atoms with E-state index < -0.39 is 28.7 Å². The van der Waals surface area contributed by atoms with Crippen molar-refractivity contribution in [1.82, 2.24) is 23.6 Å². The SMILES string of the molecule is Cn1c(=O)c2c(nc([N+](=O)[O-])n2CC(=O)N2CCOCC2)n(C)c1=O. The zero-order valence-corrected chi connectivity index (χ0v) is 13.7. The Morgan fingerprint density at radius 1 is 1.24 bits per heavy atom. The number of morpholine rings is 1. The lowest BCUT2D eigenvalue weighted by molar-refractivity contribution is -0.396. The smallest absolute Gasteiger partial charge is 0.390 e. The van der Waals surface area contributed by atoms with Crippen molar-refractivity contribution in [2.45, 2.75) is 6.54 Å². The topological polar surface area (TPSA) is 134 Å². The summed E-state index contributed by atoms with van der Waals surface area (Å²) in [5.74, 6) is -1.04. The summed E-state index contributed by atoms with van der Waals surface area (Å²) in [4.78, 5) is 52.7. The Hall–Kier alpha value is -3.02. The van der Waals surface area contributed by atoms with Crippen LogP contribution >= 0.6 is 0 Å². The van der Waals surface area contributed by atoms with Gasteiger partial charge in [-0.2, -0.15) is 0 Å². The van der Waals surface area contributed by atoms with Crippen molar-refractivity contribution in [3.63, 3.8) is 0 Å². The van der Waals surface area contributed by atoms with E-state index in [0.717, 1.165) is 13.7 Å². The van der Waals surface area contributed by atoms with Crippen LogP contribution in [0, 0.1) is 10.1 Å². The van der Waals surface area contributed by atoms with Crippen LogP contribution in [0.5, 0.6) is 0 Å².